The fourth-order valence-electron chi connectivity index (χ4n) is 2.89. The number of hydrogen-bond donors (Lipinski definition) is 1. The van der Waals surface area contributed by atoms with Crippen LogP contribution in [-0.2, 0) is 14.8 Å². The van der Waals surface area contributed by atoms with Crippen LogP contribution in [0.4, 0.5) is 24.5 Å². The highest BCUT2D eigenvalue weighted by atomic mass is 35.5. The highest BCUT2D eigenvalue weighted by molar-refractivity contribution is 7.92. The van der Waals surface area contributed by atoms with Crippen LogP contribution >= 0.6 is 23.2 Å². The van der Waals surface area contributed by atoms with E-state index in [2.05, 4.69) is 10.1 Å². The van der Waals surface area contributed by atoms with Gasteiger partial charge >= 0.3 is 6.36 Å². The number of carbonyl (C=O) groups is 1. The third-order valence-corrected chi connectivity index (χ3v) is 7.05. The molecule has 0 spiro atoms. The quantitative estimate of drug-likeness (QED) is 0.402. The van der Waals surface area contributed by atoms with Crippen molar-refractivity contribution in [2.75, 3.05) is 16.2 Å². The number of aryl methyl sites for hydroxylation is 1. The van der Waals surface area contributed by atoms with Crippen LogP contribution in [0.2, 0.25) is 10.0 Å². The van der Waals surface area contributed by atoms with Gasteiger partial charge in [-0.3, -0.25) is 9.10 Å². The van der Waals surface area contributed by atoms with Crippen molar-refractivity contribution in [3.63, 3.8) is 0 Å². The molecule has 0 aromatic heterocycles. The van der Waals surface area contributed by atoms with Crippen LogP contribution in [0.25, 0.3) is 0 Å². The number of halogens is 5. The van der Waals surface area contributed by atoms with Gasteiger partial charge < -0.3 is 10.1 Å². The summed E-state index contributed by atoms with van der Waals surface area (Å²) < 4.78 is 68.3. The Morgan fingerprint density at radius 1 is 1.00 bits per heavy atom. The molecule has 1 N–H and O–H groups in total. The third kappa shape index (κ3) is 6.34. The van der Waals surface area contributed by atoms with E-state index >= 15 is 0 Å². The predicted octanol–water partition coefficient (Wildman–Crippen LogP) is 6.03. The van der Waals surface area contributed by atoms with E-state index in [0.717, 1.165) is 22.0 Å². The Hall–Kier alpha value is -2.95. The van der Waals surface area contributed by atoms with Gasteiger partial charge in [0.1, 0.15) is 12.3 Å². The lowest BCUT2D eigenvalue weighted by Gasteiger charge is -2.25. The van der Waals surface area contributed by atoms with Crippen molar-refractivity contribution in [2.45, 2.75) is 18.2 Å². The van der Waals surface area contributed by atoms with Crippen LogP contribution in [-0.4, -0.2) is 27.2 Å². The number of carbonyl (C=O) groups excluding carboxylic acids is 1. The highest BCUT2D eigenvalue weighted by Crippen LogP contribution is 2.35. The van der Waals surface area contributed by atoms with E-state index < -0.39 is 34.6 Å². The summed E-state index contributed by atoms with van der Waals surface area (Å²) in [4.78, 5) is 12.7. The Kier molecular flexibility index (Phi) is 7.64. The standard InChI is InChI=1S/C22H17Cl2F3N2O4S/c1-14-5-11-17(12-6-14)34(31,32)29(19-4-2-3-18(23)21(19)24)13-20(30)28-15-7-9-16(10-8-15)33-22(25,26)27/h2-12H,13H2,1H3,(H,28,30). The zero-order chi connectivity index (χ0) is 25.1. The first-order chi connectivity index (χ1) is 15.9. The summed E-state index contributed by atoms with van der Waals surface area (Å²) >= 11 is 12.3. The molecule has 0 atom stereocenters. The Bertz CT molecular complexity index is 1280. The zero-order valence-electron chi connectivity index (χ0n) is 17.4. The molecule has 0 saturated heterocycles. The van der Waals surface area contributed by atoms with Crippen LogP contribution in [0.15, 0.2) is 71.6 Å². The van der Waals surface area contributed by atoms with Crippen molar-refractivity contribution in [2.24, 2.45) is 0 Å². The number of hydrogen-bond acceptors (Lipinski definition) is 4. The van der Waals surface area contributed by atoms with Gasteiger partial charge in [-0.05, 0) is 55.5 Å². The molecule has 12 heteroatoms. The van der Waals surface area contributed by atoms with E-state index in [1.165, 1.54) is 42.5 Å². The van der Waals surface area contributed by atoms with Crippen molar-refractivity contribution < 1.29 is 31.1 Å². The Morgan fingerprint density at radius 3 is 2.21 bits per heavy atom. The molecule has 0 aliphatic rings. The number of benzene rings is 3. The molecule has 6 nitrogen and oxygen atoms in total. The minimum absolute atomic E-state index is 0.0150. The van der Waals surface area contributed by atoms with E-state index in [1.807, 2.05) is 0 Å². The summed E-state index contributed by atoms with van der Waals surface area (Å²) in [5.41, 5.74) is 0.949. The van der Waals surface area contributed by atoms with Gasteiger partial charge in [-0.25, -0.2) is 8.42 Å². The number of alkyl halides is 3. The van der Waals surface area contributed by atoms with Gasteiger partial charge in [0, 0.05) is 5.69 Å². The van der Waals surface area contributed by atoms with E-state index in [1.54, 1.807) is 19.1 Å². The van der Waals surface area contributed by atoms with Gasteiger partial charge in [-0.15, -0.1) is 13.2 Å². The van der Waals surface area contributed by atoms with Crippen LogP contribution in [0.3, 0.4) is 0 Å². The molecular weight excluding hydrogens is 516 g/mol. The van der Waals surface area contributed by atoms with Gasteiger partial charge in [0.05, 0.1) is 20.6 Å². The first-order valence-corrected chi connectivity index (χ1v) is 11.8. The lowest BCUT2D eigenvalue weighted by molar-refractivity contribution is -0.274. The van der Waals surface area contributed by atoms with Gasteiger partial charge in [0.2, 0.25) is 5.91 Å². The average Bonchev–Trinajstić information content (AvgIpc) is 2.75. The largest absolute Gasteiger partial charge is 0.573 e. The van der Waals surface area contributed by atoms with E-state index in [-0.39, 0.29) is 26.3 Å². The fraction of sp³-hybridized carbons (Fsp3) is 0.136. The molecule has 1 amide bonds. The van der Waals surface area contributed by atoms with Crippen LogP contribution in [0, 0.1) is 6.92 Å². The highest BCUT2D eigenvalue weighted by Gasteiger charge is 2.31. The molecule has 0 fully saturated rings. The van der Waals surface area contributed by atoms with Gasteiger partial charge in [0.15, 0.2) is 0 Å². The van der Waals surface area contributed by atoms with Crippen molar-refractivity contribution in [1.29, 1.82) is 0 Å². The van der Waals surface area contributed by atoms with Crippen molar-refractivity contribution in [3.05, 3.63) is 82.3 Å². The molecule has 0 aliphatic carbocycles. The topological polar surface area (TPSA) is 75.7 Å². The molecule has 0 radical (unpaired) electrons. The molecule has 0 heterocycles. The molecule has 180 valence electrons. The summed E-state index contributed by atoms with van der Waals surface area (Å²) in [6, 6.07) is 14.7. The van der Waals surface area contributed by atoms with E-state index in [4.69, 9.17) is 23.2 Å². The molecule has 3 aromatic carbocycles. The maximum atomic E-state index is 13.4. The molecule has 3 aromatic rings. The maximum absolute atomic E-state index is 13.4. The van der Waals surface area contributed by atoms with Gasteiger partial charge in [-0.2, -0.15) is 0 Å². The second-order valence-electron chi connectivity index (χ2n) is 7.02. The number of nitrogens with zero attached hydrogens (tertiary/aromatic N) is 1. The summed E-state index contributed by atoms with van der Waals surface area (Å²) in [6.07, 6.45) is -4.86. The molecule has 0 unspecified atom stereocenters. The SMILES string of the molecule is Cc1ccc(S(=O)(=O)N(CC(=O)Nc2ccc(OC(F)(F)F)cc2)c2cccc(Cl)c2Cl)cc1. The summed E-state index contributed by atoms with van der Waals surface area (Å²) in [5.74, 6) is -1.24. The summed E-state index contributed by atoms with van der Waals surface area (Å²) in [7, 11) is -4.24. The molecule has 0 bridgehead atoms. The first kappa shape index (κ1) is 25.7. The normalized spacial score (nSPS) is 11.7. The lowest BCUT2D eigenvalue weighted by Crippen LogP contribution is -2.38. The van der Waals surface area contributed by atoms with Crippen molar-refractivity contribution in [1.82, 2.24) is 0 Å². The summed E-state index contributed by atoms with van der Waals surface area (Å²) in [6.45, 7) is 1.11. The second kappa shape index (κ2) is 10.1. The number of ether oxygens (including phenoxy) is 1. The molecule has 0 aliphatic heterocycles. The number of rotatable bonds is 7. The minimum Gasteiger partial charge on any atom is -0.406 e. The Balaban J connectivity index is 1.89. The lowest BCUT2D eigenvalue weighted by atomic mass is 10.2. The molecule has 3 rings (SSSR count). The third-order valence-electron chi connectivity index (χ3n) is 4.47. The molecular formula is C22H17Cl2F3N2O4S. The number of nitrogens with one attached hydrogen (secondary N) is 1. The maximum Gasteiger partial charge on any atom is 0.573 e. The van der Waals surface area contributed by atoms with Crippen LogP contribution in [0.1, 0.15) is 5.56 Å². The minimum atomic E-state index is -4.86. The monoisotopic (exact) mass is 532 g/mol. The average molecular weight is 533 g/mol. The van der Waals surface area contributed by atoms with E-state index in [9.17, 15) is 26.4 Å². The number of amides is 1. The van der Waals surface area contributed by atoms with Gasteiger partial charge in [0.25, 0.3) is 10.0 Å². The van der Waals surface area contributed by atoms with Crippen LogP contribution < -0.4 is 14.4 Å². The zero-order valence-corrected chi connectivity index (χ0v) is 19.8. The fourth-order valence-corrected chi connectivity index (χ4v) is 4.77. The van der Waals surface area contributed by atoms with E-state index in [0.29, 0.717) is 0 Å². The van der Waals surface area contributed by atoms with Crippen molar-refractivity contribution >= 4 is 50.5 Å². The Morgan fingerprint density at radius 2 is 1.62 bits per heavy atom. The summed E-state index contributed by atoms with van der Waals surface area (Å²) in [5, 5.41) is 2.46. The predicted molar refractivity (Wildman–Crippen MR) is 124 cm³/mol. The second-order valence-corrected chi connectivity index (χ2v) is 9.67. The Labute approximate surface area is 203 Å². The molecule has 0 saturated carbocycles. The molecule has 34 heavy (non-hydrogen) atoms. The first-order valence-electron chi connectivity index (χ1n) is 9.56. The smallest absolute Gasteiger partial charge is 0.406 e. The number of sulfonamides is 1. The van der Waals surface area contributed by atoms with Gasteiger partial charge in [-0.1, -0.05) is 47.0 Å². The number of anilines is 2. The van der Waals surface area contributed by atoms with Crippen molar-refractivity contribution in [3.8, 4) is 5.75 Å². The van der Waals surface area contributed by atoms with Crippen LogP contribution in [0.5, 0.6) is 5.75 Å².